The van der Waals surface area contributed by atoms with E-state index in [1.165, 1.54) is 27.6 Å². The van der Waals surface area contributed by atoms with E-state index in [1.54, 1.807) is 12.1 Å². The number of quaternary nitrogens is 2. The number of anilines is 1. The van der Waals surface area contributed by atoms with E-state index >= 15 is 0 Å². The van der Waals surface area contributed by atoms with Gasteiger partial charge in [0.1, 0.15) is 11.9 Å². The Kier molecular flexibility index (Phi) is 6.67. The van der Waals surface area contributed by atoms with Gasteiger partial charge in [-0.2, -0.15) is 0 Å². The highest BCUT2D eigenvalue weighted by Gasteiger charge is 2.35. The lowest BCUT2D eigenvalue weighted by molar-refractivity contribution is -0.911. The molecule has 0 spiro atoms. The molecular weight excluding hydrogens is 397 g/mol. The van der Waals surface area contributed by atoms with Crippen molar-refractivity contribution in [3.05, 3.63) is 54.1 Å². The van der Waals surface area contributed by atoms with Gasteiger partial charge in [-0.1, -0.05) is 0 Å². The van der Waals surface area contributed by atoms with Crippen molar-refractivity contribution >= 4 is 17.5 Å². The molecule has 2 aliphatic heterocycles. The van der Waals surface area contributed by atoms with Gasteiger partial charge in [0.25, 0.3) is 11.8 Å². The molecule has 166 valence electrons. The molecule has 1 unspecified atom stereocenters. The minimum absolute atomic E-state index is 0.0895. The second-order valence-corrected chi connectivity index (χ2v) is 8.69. The van der Waals surface area contributed by atoms with Crippen molar-refractivity contribution in [3.8, 4) is 0 Å². The van der Waals surface area contributed by atoms with Crippen LogP contribution in [0.4, 0.5) is 10.1 Å². The Morgan fingerprint density at radius 2 is 1.84 bits per heavy atom. The number of hydrogen-bond donors (Lipinski definition) is 3. The van der Waals surface area contributed by atoms with Gasteiger partial charge in [0, 0.05) is 31.8 Å². The summed E-state index contributed by atoms with van der Waals surface area (Å²) in [7, 11) is 2.07. The minimum atomic E-state index is -0.324. The van der Waals surface area contributed by atoms with Crippen molar-refractivity contribution in [2.45, 2.75) is 18.9 Å². The van der Waals surface area contributed by atoms with Crippen molar-refractivity contribution in [1.82, 2.24) is 9.47 Å². The second kappa shape index (κ2) is 9.62. The average molecular weight is 430 g/mol. The Morgan fingerprint density at radius 3 is 2.52 bits per heavy atom. The van der Waals surface area contributed by atoms with Crippen LogP contribution >= 0.6 is 0 Å². The maximum Gasteiger partial charge on any atom is 0.279 e. The van der Waals surface area contributed by atoms with Crippen molar-refractivity contribution in [1.29, 1.82) is 0 Å². The largest absolute Gasteiger partial charge is 0.350 e. The molecule has 2 aliphatic rings. The van der Waals surface area contributed by atoms with Crippen LogP contribution in [0.1, 0.15) is 24.6 Å². The lowest BCUT2D eigenvalue weighted by atomic mass is 10.1. The van der Waals surface area contributed by atoms with E-state index in [4.69, 9.17) is 0 Å². The molecule has 0 radical (unpaired) electrons. The van der Waals surface area contributed by atoms with Crippen LogP contribution in [0.2, 0.25) is 0 Å². The van der Waals surface area contributed by atoms with Gasteiger partial charge in [0.15, 0.2) is 13.1 Å². The van der Waals surface area contributed by atoms with Crippen LogP contribution in [-0.2, 0) is 16.6 Å². The van der Waals surface area contributed by atoms with Gasteiger partial charge in [-0.3, -0.25) is 9.59 Å². The predicted octanol–water partition coefficient (Wildman–Crippen LogP) is -0.750. The van der Waals surface area contributed by atoms with Crippen LogP contribution in [0.3, 0.4) is 0 Å². The molecule has 8 heteroatoms. The molecule has 31 heavy (non-hydrogen) atoms. The van der Waals surface area contributed by atoms with Crippen LogP contribution in [0, 0.1) is 5.82 Å². The summed E-state index contributed by atoms with van der Waals surface area (Å²) in [5.41, 5.74) is 1.91. The SMILES string of the molecule is Cn1cccc1[C@@H]1CCC[NH+]1CC(=O)N1CC[NH+](CC(=O)Nc2ccc(F)cc2)CC1. The average Bonchev–Trinajstić information content (AvgIpc) is 3.38. The summed E-state index contributed by atoms with van der Waals surface area (Å²) in [5.74, 6) is -0.200. The Hall–Kier alpha value is -2.71. The first kappa shape index (κ1) is 21.5. The molecule has 2 fully saturated rings. The molecule has 1 aromatic carbocycles. The molecule has 7 nitrogen and oxygen atoms in total. The van der Waals surface area contributed by atoms with E-state index in [9.17, 15) is 14.0 Å². The third kappa shape index (κ3) is 5.32. The molecule has 4 rings (SSSR count). The zero-order valence-corrected chi connectivity index (χ0v) is 18.1. The number of aryl methyl sites for hydroxylation is 1. The number of nitrogens with zero attached hydrogens (tertiary/aromatic N) is 2. The van der Waals surface area contributed by atoms with E-state index in [0.717, 1.165) is 32.5 Å². The molecule has 3 heterocycles. The van der Waals surface area contributed by atoms with Gasteiger partial charge in [-0.05, 0) is 36.4 Å². The zero-order valence-electron chi connectivity index (χ0n) is 18.1. The first-order chi connectivity index (χ1) is 15.0. The first-order valence-electron chi connectivity index (χ1n) is 11.1. The fraction of sp³-hybridized carbons (Fsp3) is 0.478. The predicted molar refractivity (Wildman–Crippen MR) is 115 cm³/mol. The molecule has 1 aromatic heterocycles. The Labute approximate surface area is 182 Å². The summed E-state index contributed by atoms with van der Waals surface area (Å²) in [6, 6.07) is 10.4. The molecule has 0 saturated carbocycles. The quantitative estimate of drug-likeness (QED) is 0.566. The van der Waals surface area contributed by atoms with Gasteiger partial charge in [0.05, 0.1) is 38.4 Å². The number of halogens is 1. The molecule has 2 aromatic rings. The maximum absolute atomic E-state index is 13.0. The molecular formula is C23H32FN5O2+2. The number of carbonyl (C=O) groups excluding carboxylic acids is 2. The number of nitrogens with one attached hydrogen (secondary N) is 3. The normalized spacial score (nSPS) is 21.9. The fourth-order valence-corrected chi connectivity index (χ4v) is 4.84. The van der Waals surface area contributed by atoms with Crippen LogP contribution in [0.5, 0.6) is 0 Å². The monoisotopic (exact) mass is 429 g/mol. The smallest absolute Gasteiger partial charge is 0.279 e. The van der Waals surface area contributed by atoms with E-state index in [1.807, 2.05) is 4.90 Å². The van der Waals surface area contributed by atoms with E-state index in [2.05, 4.69) is 35.3 Å². The summed E-state index contributed by atoms with van der Waals surface area (Å²) in [4.78, 5) is 29.7. The van der Waals surface area contributed by atoms with Crippen molar-refractivity contribution in [2.24, 2.45) is 7.05 Å². The molecule has 2 saturated heterocycles. The highest BCUT2D eigenvalue weighted by Crippen LogP contribution is 2.19. The van der Waals surface area contributed by atoms with Gasteiger partial charge in [0.2, 0.25) is 0 Å². The fourth-order valence-electron chi connectivity index (χ4n) is 4.84. The standard InChI is InChI=1S/C23H30FN5O2/c1-26-10-2-4-20(26)21-5-3-11-29(21)17-23(31)28-14-12-27(13-15-28)16-22(30)25-19-8-6-18(24)7-9-19/h2,4,6-10,21H,3,5,11-17H2,1H3,(H,25,30)/p+2/t21-/m0/s1. The van der Waals surface area contributed by atoms with Gasteiger partial charge >= 0.3 is 0 Å². The third-order valence-electron chi connectivity index (χ3n) is 6.56. The summed E-state index contributed by atoms with van der Waals surface area (Å²) >= 11 is 0. The molecule has 0 aliphatic carbocycles. The van der Waals surface area contributed by atoms with Crippen LogP contribution < -0.4 is 15.1 Å². The third-order valence-corrected chi connectivity index (χ3v) is 6.56. The van der Waals surface area contributed by atoms with Crippen molar-refractivity contribution in [3.63, 3.8) is 0 Å². The van der Waals surface area contributed by atoms with Gasteiger partial charge < -0.3 is 24.6 Å². The second-order valence-electron chi connectivity index (χ2n) is 8.69. The molecule has 0 bridgehead atoms. The number of likely N-dealkylation sites (tertiary alicyclic amines) is 1. The van der Waals surface area contributed by atoms with Crippen LogP contribution in [0.15, 0.2) is 42.6 Å². The Balaban J connectivity index is 1.23. The molecule has 2 atom stereocenters. The topological polar surface area (TPSA) is 63.2 Å². The Morgan fingerprint density at radius 1 is 1.10 bits per heavy atom. The maximum atomic E-state index is 13.0. The number of amides is 2. The van der Waals surface area contributed by atoms with Crippen LogP contribution in [-0.4, -0.2) is 67.1 Å². The van der Waals surface area contributed by atoms with Crippen LogP contribution in [0.25, 0.3) is 0 Å². The van der Waals surface area contributed by atoms with Gasteiger partial charge in [-0.15, -0.1) is 0 Å². The molecule has 2 amide bonds. The Bertz CT molecular complexity index is 905. The number of rotatable bonds is 6. The van der Waals surface area contributed by atoms with Crippen molar-refractivity contribution < 1.29 is 23.8 Å². The lowest BCUT2D eigenvalue weighted by Gasteiger charge is -2.32. The summed E-state index contributed by atoms with van der Waals surface area (Å²) < 4.78 is 15.2. The van der Waals surface area contributed by atoms with Gasteiger partial charge in [-0.25, -0.2) is 4.39 Å². The minimum Gasteiger partial charge on any atom is -0.350 e. The van der Waals surface area contributed by atoms with E-state index < -0.39 is 0 Å². The number of carbonyl (C=O) groups is 2. The molecule has 3 N–H and O–H groups in total. The first-order valence-corrected chi connectivity index (χ1v) is 11.1. The zero-order chi connectivity index (χ0) is 21.8. The van der Waals surface area contributed by atoms with Crippen molar-refractivity contribution in [2.75, 3.05) is 51.1 Å². The number of aromatic nitrogens is 1. The van der Waals surface area contributed by atoms with E-state index in [-0.39, 0.29) is 17.6 Å². The lowest BCUT2D eigenvalue weighted by Crippen LogP contribution is -3.16. The summed E-state index contributed by atoms with van der Waals surface area (Å²) in [6.07, 6.45) is 4.35. The number of piperazine rings is 1. The number of hydrogen-bond acceptors (Lipinski definition) is 2. The highest BCUT2D eigenvalue weighted by atomic mass is 19.1. The number of benzene rings is 1. The highest BCUT2D eigenvalue weighted by molar-refractivity contribution is 5.91. The van der Waals surface area contributed by atoms with E-state index in [0.29, 0.717) is 37.9 Å². The summed E-state index contributed by atoms with van der Waals surface area (Å²) in [5, 5.41) is 2.81. The summed E-state index contributed by atoms with van der Waals surface area (Å²) in [6.45, 7) is 4.82.